The Balaban J connectivity index is 1.42. The van der Waals surface area contributed by atoms with E-state index in [4.69, 9.17) is 0 Å². The topological polar surface area (TPSA) is 106 Å². The first kappa shape index (κ1) is 21.8. The lowest BCUT2D eigenvalue weighted by molar-refractivity contribution is -0.386. The highest BCUT2D eigenvalue weighted by Gasteiger charge is 2.45. The lowest BCUT2D eigenvalue weighted by Gasteiger charge is -2.25. The van der Waals surface area contributed by atoms with E-state index < -0.39 is 23.8 Å². The van der Waals surface area contributed by atoms with Gasteiger partial charge in [0.15, 0.2) is 0 Å². The molecule has 0 saturated carbocycles. The molecule has 5 N–H and O–H groups in total. The Bertz CT molecular complexity index is 1310. The molecule has 1 fully saturated rings. The highest BCUT2D eigenvalue weighted by atomic mass is 19.1. The fourth-order valence-corrected chi connectivity index (χ4v) is 4.65. The zero-order valence-electron chi connectivity index (χ0n) is 18.4. The molecule has 0 unspecified atom stereocenters. The fraction of sp³-hybridized carbons (Fsp3) is 0.192. The van der Waals surface area contributed by atoms with Crippen molar-refractivity contribution in [1.82, 2.24) is 10.2 Å². The molecule has 0 aromatic heterocycles. The summed E-state index contributed by atoms with van der Waals surface area (Å²) in [6.45, 7) is 0.984. The van der Waals surface area contributed by atoms with Gasteiger partial charge in [-0.3, -0.25) is 14.4 Å². The molecular weight excluding hydrogens is 435 g/mol. The maximum Gasteiger partial charge on any atom is 0.256 e. The van der Waals surface area contributed by atoms with Crippen LogP contribution in [-0.2, 0) is 11.3 Å². The third-order valence-electron chi connectivity index (χ3n) is 6.39. The lowest BCUT2D eigenvalue weighted by atomic mass is 9.99. The van der Waals surface area contributed by atoms with Gasteiger partial charge in [0.1, 0.15) is 11.9 Å². The number of carbonyl (C=O) groups excluding carboxylic acids is 3. The minimum Gasteiger partial charge on any atom is -0.354 e. The number of fused-ring (bicyclic) bond motifs is 2. The van der Waals surface area contributed by atoms with Crippen LogP contribution < -0.4 is 16.4 Å². The Kier molecular flexibility index (Phi) is 5.59. The molecule has 2 aliphatic heterocycles. The number of nitrogens with zero attached hydrogens (tertiary/aromatic N) is 1. The lowest BCUT2D eigenvalue weighted by Crippen LogP contribution is -2.51. The number of nitrogens with one attached hydrogen (secondary N) is 2. The van der Waals surface area contributed by atoms with E-state index in [1.165, 1.54) is 23.1 Å². The maximum absolute atomic E-state index is 13.5. The summed E-state index contributed by atoms with van der Waals surface area (Å²) in [5.74, 6) is -1.63. The molecule has 5 rings (SSSR count). The van der Waals surface area contributed by atoms with Crippen molar-refractivity contribution < 1.29 is 24.5 Å². The molecule has 2 heterocycles. The van der Waals surface area contributed by atoms with Crippen LogP contribution in [0.4, 0.5) is 10.1 Å². The number of anilines is 1. The number of halogens is 1. The van der Waals surface area contributed by atoms with Crippen molar-refractivity contribution in [2.24, 2.45) is 0 Å². The van der Waals surface area contributed by atoms with Crippen LogP contribution in [0.15, 0.2) is 66.7 Å². The Morgan fingerprint density at radius 1 is 1.06 bits per heavy atom. The van der Waals surface area contributed by atoms with Crippen LogP contribution in [0.25, 0.3) is 11.1 Å². The van der Waals surface area contributed by atoms with Crippen molar-refractivity contribution >= 4 is 23.4 Å². The molecule has 2 atom stereocenters. The minimum atomic E-state index is -0.852. The molecule has 172 valence electrons. The van der Waals surface area contributed by atoms with Gasteiger partial charge >= 0.3 is 0 Å². The zero-order valence-corrected chi connectivity index (χ0v) is 18.4. The van der Waals surface area contributed by atoms with E-state index in [9.17, 15) is 18.8 Å². The van der Waals surface area contributed by atoms with Gasteiger partial charge in [-0.2, -0.15) is 0 Å². The van der Waals surface area contributed by atoms with Crippen LogP contribution in [-0.4, -0.2) is 41.2 Å². The van der Waals surface area contributed by atoms with Crippen molar-refractivity contribution in [1.29, 1.82) is 0 Å². The molecule has 0 radical (unpaired) electrons. The molecule has 8 heteroatoms. The second-order valence-electron chi connectivity index (χ2n) is 8.52. The molecule has 3 aromatic carbocycles. The average Bonchev–Trinajstić information content (AvgIpc) is 3.23. The molecule has 0 spiro atoms. The number of rotatable bonds is 4. The first-order valence-electron chi connectivity index (χ1n) is 11.2. The predicted octanol–water partition coefficient (Wildman–Crippen LogP) is 2.20. The largest absolute Gasteiger partial charge is 0.354 e. The van der Waals surface area contributed by atoms with Gasteiger partial charge < -0.3 is 21.3 Å². The van der Waals surface area contributed by atoms with Crippen molar-refractivity contribution in [3.8, 4) is 11.1 Å². The molecule has 34 heavy (non-hydrogen) atoms. The quantitative estimate of drug-likeness (QED) is 0.557. The van der Waals surface area contributed by atoms with Gasteiger partial charge in [-0.25, -0.2) is 4.39 Å². The van der Waals surface area contributed by atoms with Gasteiger partial charge in [-0.1, -0.05) is 30.3 Å². The Hall–Kier alpha value is -4.04. The third kappa shape index (κ3) is 3.92. The van der Waals surface area contributed by atoms with Gasteiger partial charge in [-0.05, 0) is 53.9 Å². The van der Waals surface area contributed by atoms with E-state index in [1.807, 2.05) is 30.3 Å². The normalized spacial score (nSPS) is 19.2. The van der Waals surface area contributed by atoms with Crippen LogP contribution in [0.3, 0.4) is 0 Å². The van der Waals surface area contributed by atoms with Crippen molar-refractivity contribution in [3.05, 3.63) is 89.2 Å². The second kappa shape index (κ2) is 8.72. The highest BCUT2D eigenvalue weighted by molar-refractivity contribution is 6.11. The third-order valence-corrected chi connectivity index (χ3v) is 6.39. The molecule has 1 saturated heterocycles. The zero-order chi connectivity index (χ0) is 23.8. The summed E-state index contributed by atoms with van der Waals surface area (Å²) in [5, 5.41) is 5.67. The van der Waals surface area contributed by atoms with Gasteiger partial charge in [0.25, 0.3) is 11.8 Å². The van der Waals surface area contributed by atoms with Crippen molar-refractivity contribution in [2.45, 2.75) is 25.0 Å². The fourth-order valence-electron chi connectivity index (χ4n) is 4.65. The predicted molar refractivity (Wildman–Crippen MR) is 124 cm³/mol. The number of benzene rings is 3. The SMILES string of the molecule is [NH3+]Cc1cccc(-c2ccc3c(c2)C(=O)N2CC[C@H](NC(=O)c4cccc(F)c4)[C@H]2C(=O)N3)c1. The van der Waals surface area contributed by atoms with Gasteiger partial charge in [0.05, 0.1) is 23.8 Å². The summed E-state index contributed by atoms with van der Waals surface area (Å²) in [6, 6.07) is 17.3. The minimum absolute atomic E-state index is 0.163. The monoisotopic (exact) mass is 459 g/mol. The number of amides is 3. The van der Waals surface area contributed by atoms with E-state index in [1.54, 1.807) is 12.1 Å². The molecule has 0 aliphatic carbocycles. The molecule has 2 aliphatic rings. The van der Waals surface area contributed by atoms with E-state index >= 15 is 0 Å². The number of hydrogen-bond donors (Lipinski definition) is 3. The second-order valence-corrected chi connectivity index (χ2v) is 8.52. The van der Waals surface area contributed by atoms with Crippen LogP contribution >= 0.6 is 0 Å². The first-order chi connectivity index (χ1) is 16.4. The molecule has 3 amide bonds. The van der Waals surface area contributed by atoms with Gasteiger partial charge in [0.2, 0.25) is 5.91 Å². The summed E-state index contributed by atoms with van der Waals surface area (Å²) in [4.78, 5) is 40.7. The number of quaternary nitrogens is 1. The van der Waals surface area contributed by atoms with Crippen LogP contribution in [0, 0.1) is 5.82 Å². The first-order valence-corrected chi connectivity index (χ1v) is 11.2. The Morgan fingerprint density at radius 2 is 1.85 bits per heavy atom. The van der Waals surface area contributed by atoms with E-state index in [0.29, 0.717) is 30.8 Å². The van der Waals surface area contributed by atoms with Gasteiger partial charge in [0, 0.05) is 17.7 Å². The summed E-state index contributed by atoms with van der Waals surface area (Å²) >= 11 is 0. The maximum atomic E-state index is 13.5. The summed E-state index contributed by atoms with van der Waals surface area (Å²) in [5.41, 5.74) is 7.85. The number of carbonyl (C=O) groups is 3. The van der Waals surface area contributed by atoms with Crippen LogP contribution in [0.1, 0.15) is 32.7 Å². The molecule has 0 bridgehead atoms. The van der Waals surface area contributed by atoms with Gasteiger partial charge in [-0.15, -0.1) is 0 Å². The van der Waals surface area contributed by atoms with E-state index in [0.717, 1.165) is 22.8 Å². The van der Waals surface area contributed by atoms with Crippen molar-refractivity contribution in [2.75, 3.05) is 11.9 Å². The number of hydrogen-bond acceptors (Lipinski definition) is 3. The molecule has 3 aromatic rings. The summed E-state index contributed by atoms with van der Waals surface area (Å²) in [7, 11) is 0. The van der Waals surface area contributed by atoms with E-state index in [-0.39, 0.29) is 17.4 Å². The van der Waals surface area contributed by atoms with E-state index in [2.05, 4.69) is 16.4 Å². The average molecular weight is 460 g/mol. The molecular formula is C26H24FN4O3+. The molecule has 7 nitrogen and oxygen atoms in total. The highest BCUT2D eigenvalue weighted by Crippen LogP contribution is 2.32. The standard InChI is InChI=1S/C26H23FN4O3/c27-19-6-2-5-18(12-19)24(32)30-22-9-10-31-23(22)25(33)29-21-8-7-17(13-20(21)26(31)34)16-4-1-3-15(11-16)14-28/h1-8,11-13,22-23H,9-10,14,28H2,(H,29,33)(H,30,32)/p+1/t22-,23-/m0/s1. The summed E-state index contributed by atoms with van der Waals surface area (Å²) in [6.07, 6.45) is 0.422. The summed E-state index contributed by atoms with van der Waals surface area (Å²) < 4.78 is 13.5. The van der Waals surface area contributed by atoms with Crippen LogP contribution in [0.5, 0.6) is 0 Å². The smallest absolute Gasteiger partial charge is 0.256 e. The Morgan fingerprint density at radius 3 is 2.65 bits per heavy atom. The Labute approximate surface area is 195 Å². The van der Waals surface area contributed by atoms with Crippen molar-refractivity contribution in [3.63, 3.8) is 0 Å². The van der Waals surface area contributed by atoms with Crippen LogP contribution in [0.2, 0.25) is 0 Å².